The molecule has 0 aliphatic heterocycles. The Morgan fingerprint density at radius 3 is 1.34 bits per heavy atom. The second-order valence-electron chi connectivity index (χ2n) is 10.5. The van der Waals surface area contributed by atoms with Gasteiger partial charge in [0.05, 0.1) is 0 Å². The third kappa shape index (κ3) is 8.35. The Kier molecular flexibility index (Phi) is 13.7. The summed E-state index contributed by atoms with van der Waals surface area (Å²) in [5.74, 6) is -0.00111. The molecule has 0 radical (unpaired) electrons. The minimum atomic E-state index is -4.27. The average molecular weight is 833 g/mol. The van der Waals surface area contributed by atoms with Crippen molar-refractivity contribution in [1.29, 1.82) is 0 Å². The second-order valence-corrected chi connectivity index (χ2v) is 43.1. The predicted molar refractivity (Wildman–Crippen MR) is 172 cm³/mol. The van der Waals surface area contributed by atoms with Gasteiger partial charge >= 0.3 is 246 Å². The summed E-state index contributed by atoms with van der Waals surface area (Å²) < 4.78 is 14.8. The van der Waals surface area contributed by atoms with Crippen molar-refractivity contribution in [2.24, 2.45) is 0 Å². The van der Waals surface area contributed by atoms with E-state index in [-0.39, 0.29) is 11.2 Å². The summed E-state index contributed by atoms with van der Waals surface area (Å²) in [6, 6.07) is 31.8. The number of hydrogen-bond donors (Lipinski definition) is 0. The summed E-state index contributed by atoms with van der Waals surface area (Å²) in [7, 11) is 2.12. The first-order valence-corrected chi connectivity index (χ1v) is 32.4. The average Bonchev–Trinajstić information content (AvgIpc) is 2.97. The zero-order valence-electron chi connectivity index (χ0n) is 23.8. The number of carbonyl (C=O) groups excluding carboxylic acids is 1. The van der Waals surface area contributed by atoms with Gasteiger partial charge < -0.3 is 0 Å². The Labute approximate surface area is 244 Å². The van der Waals surface area contributed by atoms with E-state index in [9.17, 15) is 4.79 Å². The van der Waals surface area contributed by atoms with Crippen LogP contribution in [0.2, 0.25) is 13.3 Å². The molecule has 5 heteroatoms. The molecule has 3 aromatic rings. The molecular formula is C33H46O2PbSSn. The van der Waals surface area contributed by atoms with Crippen LogP contribution in [0.15, 0.2) is 91.0 Å². The molecule has 0 aliphatic rings. The SMILES string of the molecule is CCC[CH2][Sn]([CH2]CCC)([CH2]CCC)[S]C(C)C(=O)[O][Pb]([c]1ccccc1)([c]1ccccc1)[c]1ccccc1. The van der Waals surface area contributed by atoms with Crippen molar-refractivity contribution in [3.8, 4) is 0 Å². The van der Waals surface area contributed by atoms with Gasteiger partial charge in [-0.2, -0.15) is 0 Å². The van der Waals surface area contributed by atoms with Crippen LogP contribution in [0, 0.1) is 0 Å². The summed E-state index contributed by atoms with van der Waals surface area (Å²) in [6.07, 6.45) is 7.65. The van der Waals surface area contributed by atoms with Crippen LogP contribution < -0.4 is 9.37 Å². The molecule has 0 heterocycles. The molecule has 1 atom stereocenters. The van der Waals surface area contributed by atoms with E-state index in [1.807, 2.05) is 0 Å². The van der Waals surface area contributed by atoms with Crippen molar-refractivity contribution in [3.63, 3.8) is 0 Å². The van der Waals surface area contributed by atoms with Crippen LogP contribution in [0.5, 0.6) is 0 Å². The van der Waals surface area contributed by atoms with E-state index in [0.29, 0.717) is 0 Å². The maximum atomic E-state index is 14.2. The van der Waals surface area contributed by atoms with Gasteiger partial charge in [-0.05, 0) is 0 Å². The van der Waals surface area contributed by atoms with Gasteiger partial charge in [-0.1, -0.05) is 0 Å². The molecule has 3 rings (SSSR count). The summed E-state index contributed by atoms with van der Waals surface area (Å²) in [6.45, 7) is 9.06. The topological polar surface area (TPSA) is 26.3 Å². The van der Waals surface area contributed by atoms with Crippen LogP contribution >= 0.6 is 8.95 Å². The van der Waals surface area contributed by atoms with Crippen molar-refractivity contribution in [2.45, 2.75) is 84.8 Å². The van der Waals surface area contributed by atoms with Crippen LogP contribution in [-0.2, 0) is 7.48 Å². The zero-order chi connectivity index (χ0) is 27.3. The quantitative estimate of drug-likeness (QED) is 0.139. The van der Waals surface area contributed by atoms with Crippen LogP contribution in [-0.4, -0.2) is 49.8 Å². The van der Waals surface area contributed by atoms with E-state index in [1.165, 1.54) is 61.2 Å². The maximum absolute atomic E-state index is 14.2. The van der Waals surface area contributed by atoms with Crippen molar-refractivity contribution in [3.05, 3.63) is 91.0 Å². The number of hydrogen-bond acceptors (Lipinski definition) is 3. The van der Waals surface area contributed by atoms with Gasteiger partial charge in [-0.15, -0.1) is 0 Å². The number of carbonyl (C=O) groups is 1. The summed E-state index contributed by atoms with van der Waals surface area (Å²) in [5, 5.41) is -0.119. The van der Waals surface area contributed by atoms with E-state index in [0.717, 1.165) is 0 Å². The Bertz CT molecular complexity index is 959. The molecule has 38 heavy (non-hydrogen) atoms. The molecule has 204 valence electrons. The van der Waals surface area contributed by atoms with Gasteiger partial charge in [0.25, 0.3) is 0 Å². The molecular weight excluding hydrogens is 786 g/mol. The fraction of sp³-hybridized carbons (Fsp3) is 0.424. The number of rotatable bonds is 16. The fourth-order valence-electron chi connectivity index (χ4n) is 5.40. The molecule has 0 fully saturated rings. The van der Waals surface area contributed by atoms with Crippen molar-refractivity contribution >= 4 is 62.9 Å². The Morgan fingerprint density at radius 1 is 0.684 bits per heavy atom. The molecule has 3 aromatic carbocycles. The Hall–Kier alpha value is -0.799. The standard InChI is InChI=1S/3C6H5.3C4H9.C3H6O2S.Pb.Sn/c3*1-2-4-6-5-3-1;3*1-3-4-2;1-2(6)3(4)5;;/h3*1-5H;3*1,3-4H2,2H3;2,6H,1H3,(H,4,5);;/q;;;;;;;2*+1/p-2. The monoisotopic (exact) mass is 834 g/mol. The Balaban J connectivity index is 2.02. The summed E-state index contributed by atoms with van der Waals surface area (Å²) in [5.41, 5.74) is 0. The molecule has 0 saturated carbocycles. The minimum absolute atomic E-state index is 0.00111. The molecule has 0 amide bonds. The normalized spacial score (nSPS) is 12.7. The molecule has 0 bridgehead atoms. The van der Waals surface area contributed by atoms with Gasteiger partial charge in [-0.25, -0.2) is 0 Å². The third-order valence-corrected chi connectivity index (χ3v) is 46.1. The third-order valence-electron chi connectivity index (χ3n) is 7.51. The zero-order valence-corrected chi connectivity index (χ0v) is 31.4. The first-order chi connectivity index (χ1) is 18.5. The first-order valence-electron chi connectivity index (χ1n) is 14.6. The van der Waals surface area contributed by atoms with Gasteiger partial charge in [-0.3, -0.25) is 0 Å². The molecule has 2 nitrogen and oxygen atoms in total. The van der Waals surface area contributed by atoms with Crippen LogP contribution in [0.1, 0.15) is 66.2 Å². The summed E-state index contributed by atoms with van der Waals surface area (Å²) >= 11 is -6.85. The van der Waals surface area contributed by atoms with E-state index >= 15 is 0 Å². The number of unbranched alkanes of at least 4 members (excludes halogenated alkanes) is 3. The predicted octanol–water partition coefficient (Wildman–Crippen LogP) is 7.66. The molecule has 0 aliphatic carbocycles. The molecule has 0 N–H and O–H groups in total. The van der Waals surface area contributed by atoms with E-state index < -0.39 is 38.6 Å². The van der Waals surface area contributed by atoms with Gasteiger partial charge in [0, 0.05) is 0 Å². The van der Waals surface area contributed by atoms with E-state index in [1.54, 1.807) is 0 Å². The molecule has 0 saturated heterocycles. The van der Waals surface area contributed by atoms with E-state index in [4.69, 9.17) is 2.69 Å². The molecule has 0 aromatic heterocycles. The van der Waals surface area contributed by atoms with Gasteiger partial charge in [0.2, 0.25) is 0 Å². The Morgan fingerprint density at radius 2 is 1.03 bits per heavy atom. The molecule has 1 unspecified atom stereocenters. The number of benzene rings is 3. The van der Waals surface area contributed by atoms with Crippen molar-refractivity contribution in [2.75, 3.05) is 0 Å². The van der Waals surface area contributed by atoms with Crippen LogP contribution in [0.4, 0.5) is 0 Å². The first kappa shape index (κ1) is 31.7. The van der Waals surface area contributed by atoms with Gasteiger partial charge in [0.15, 0.2) is 0 Å². The molecule has 0 spiro atoms. The fourth-order valence-corrected chi connectivity index (χ4v) is 45.7. The van der Waals surface area contributed by atoms with Crippen molar-refractivity contribution < 1.29 is 7.48 Å². The van der Waals surface area contributed by atoms with Gasteiger partial charge in [0.1, 0.15) is 0 Å². The second kappa shape index (κ2) is 16.5. The van der Waals surface area contributed by atoms with Crippen LogP contribution in [0.3, 0.4) is 0 Å². The van der Waals surface area contributed by atoms with Crippen LogP contribution in [0.25, 0.3) is 0 Å². The summed E-state index contributed by atoms with van der Waals surface area (Å²) in [4.78, 5) is 14.2. The van der Waals surface area contributed by atoms with E-state index in [2.05, 4.69) is 128 Å². The van der Waals surface area contributed by atoms with Crippen molar-refractivity contribution in [1.82, 2.24) is 0 Å².